The molecule has 0 aliphatic heterocycles. The minimum absolute atomic E-state index is 0.00314. The summed E-state index contributed by atoms with van der Waals surface area (Å²) in [7, 11) is 0. The van der Waals surface area contributed by atoms with Crippen LogP contribution in [0.4, 0.5) is 8.78 Å². The lowest BCUT2D eigenvalue weighted by Gasteiger charge is -2.41. The Morgan fingerprint density at radius 1 is 1.25 bits per heavy atom. The second-order valence-corrected chi connectivity index (χ2v) is 5.79. The van der Waals surface area contributed by atoms with Gasteiger partial charge >= 0.3 is 0 Å². The lowest BCUT2D eigenvalue weighted by atomic mass is 9.94. The molecule has 1 aliphatic carbocycles. The Hall–Kier alpha value is -1.00. The highest BCUT2D eigenvalue weighted by Gasteiger charge is 2.38. The first kappa shape index (κ1) is 15.4. The van der Waals surface area contributed by atoms with E-state index in [1.54, 1.807) is 6.07 Å². The Labute approximate surface area is 120 Å². The first-order valence-electron chi connectivity index (χ1n) is 7.50. The van der Waals surface area contributed by atoms with Crippen LogP contribution in [0.15, 0.2) is 18.2 Å². The number of hydrogen-bond acceptors (Lipinski definition) is 2. The molecule has 0 amide bonds. The SMILES string of the molecule is CCCN(Cc1ccc(F)cc1F)C1(CN)CCCC1. The minimum Gasteiger partial charge on any atom is -0.329 e. The lowest BCUT2D eigenvalue weighted by molar-refractivity contribution is 0.0891. The fourth-order valence-electron chi connectivity index (χ4n) is 3.29. The molecule has 0 saturated heterocycles. The largest absolute Gasteiger partial charge is 0.329 e. The monoisotopic (exact) mass is 282 g/mol. The molecule has 0 unspecified atom stereocenters. The third-order valence-electron chi connectivity index (χ3n) is 4.45. The van der Waals surface area contributed by atoms with E-state index in [-0.39, 0.29) is 5.54 Å². The Bertz CT molecular complexity index is 442. The van der Waals surface area contributed by atoms with E-state index >= 15 is 0 Å². The Morgan fingerprint density at radius 3 is 2.50 bits per heavy atom. The molecule has 0 heterocycles. The van der Waals surface area contributed by atoms with Gasteiger partial charge in [-0.1, -0.05) is 25.8 Å². The molecule has 1 fully saturated rings. The molecule has 1 aromatic rings. The van der Waals surface area contributed by atoms with E-state index in [0.29, 0.717) is 18.7 Å². The molecule has 112 valence electrons. The summed E-state index contributed by atoms with van der Waals surface area (Å²) in [5.74, 6) is -0.987. The molecule has 1 saturated carbocycles. The van der Waals surface area contributed by atoms with Crippen LogP contribution in [0.3, 0.4) is 0 Å². The molecule has 2 rings (SSSR count). The zero-order valence-corrected chi connectivity index (χ0v) is 12.2. The number of hydrogen-bond donors (Lipinski definition) is 1. The molecule has 2 nitrogen and oxygen atoms in total. The summed E-state index contributed by atoms with van der Waals surface area (Å²) in [6, 6.07) is 3.84. The lowest BCUT2D eigenvalue weighted by Crippen LogP contribution is -2.51. The minimum atomic E-state index is -0.525. The number of nitrogens with zero attached hydrogens (tertiary/aromatic N) is 1. The van der Waals surface area contributed by atoms with E-state index in [0.717, 1.165) is 31.9 Å². The van der Waals surface area contributed by atoms with Gasteiger partial charge in [-0.05, 0) is 31.9 Å². The highest BCUT2D eigenvalue weighted by Crippen LogP contribution is 2.35. The molecule has 2 N–H and O–H groups in total. The third kappa shape index (κ3) is 3.18. The van der Waals surface area contributed by atoms with Crippen LogP contribution in [0.5, 0.6) is 0 Å². The normalized spacial score (nSPS) is 17.9. The molecule has 20 heavy (non-hydrogen) atoms. The van der Waals surface area contributed by atoms with Gasteiger partial charge in [0.15, 0.2) is 0 Å². The summed E-state index contributed by atoms with van der Waals surface area (Å²) in [4.78, 5) is 2.30. The Morgan fingerprint density at radius 2 is 1.95 bits per heavy atom. The van der Waals surface area contributed by atoms with Gasteiger partial charge in [-0.2, -0.15) is 0 Å². The fourth-order valence-corrected chi connectivity index (χ4v) is 3.29. The molecule has 1 aromatic carbocycles. The second kappa shape index (κ2) is 6.64. The maximum Gasteiger partial charge on any atom is 0.130 e. The first-order valence-corrected chi connectivity index (χ1v) is 7.50. The van der Waals surface area contributed by atoms with Crippen molar-refractivity contribution in [2.45, 2.75) is 51.1 Å². The molecule has 4 heteroatoms. The topological polar surface area (TPSA) is 29.3 Å². The van der Waals surface area contributed by atoms with Crippen molar-refractivity contribution in [3.05, 3.63) is 35.4 Å². The van der Waals surface area contributed by atoms with Crippen LogP contribution in [0, 0.1) is 11.6 Å². The van der Waals surface area contributed by atoms with Crippen molar-refractivity contribution in [2.24, 2.45) is 5.73 Å². The zero-order valence-electron chi connectivity index (χ0n) is 12.2. The van der Waals surface area contributed by atoms with Crippen molar-refractivity contribution in [1.82, 2.24) is 4.90 Å². The van der Waals surface area contributed by atoms with Crippen LogP contribution in [0.2, 0.25) is 0 Å². The highest BCUT2D eigenvalue weighted by atomic mass is 19.1. The van der Waals surface area contributed by atoms with Crippen LogP contribution in [-0.4, -0.2) is 23.5 Å². The van der Waals surface area contributed by atoms with E-state index in [2.05, 4.69) is 11.8 Å². The average molecular weight is 282 g/mol. The van der Waals surface area contributed by atoms with Crippen LogP contribution >= 0.6 is 0 Å². The second-order valence-electron chi connectivity index (χ2n) is 5.79. The molecule has 0 radical (unpaired) electrons. The molecule has 0 spiro atoms. The highest BCUT2D eigenvalue weighted by molar-refractivity contribution is 5.19. The zero-order chi connectivity index (χ0) is 14.6. The number of benzene rings is 1. The molecule has 1 aliphatic rings. The van der Waals surface area contributed by atoms with Crippen molar-refractivity contribution >= 4 is 0 Å². The van der Waals surface area contributed by atoms with E-state index in [4.69, 9.17) is 5.73 Å². The predicted octanol–water partition coefficient (Wildman–Crippen LogP) is 3.45. The van der Waals surface area contributed by atoms with Gasteiger partial charge in [-0.15, -0.1) is 0 Å². The van der Waals surface area contributed by atoms with Crippen LogP contribution < -0.4 is 5.73 Å². The summed E-state index contributed by atoms with van der Waals surface area (Å²) < 4.78 is 26.9. The molecule has 0 aromatic heterocycles. The standard InChI is InChI=1S/C16H24F2N2/c1-2-9-20(16(12-19)7-3-4-8-16)11-13-5-6-14(17)10-15(13)18/h5-6,10H,2-4,7-9,11-12,19H2,1H3. The van der Waals surface area contributed by atoms with Crippen LogP contribution in [0.25, 0.3) is 0 Å². The maximum atomic E-state index is 13.9. The van der Waals surface area contributed by atoms with Gasteiger partial charge in [0.2, 0.25) is 0 Å². The smallest absolute Gasteiger partial charge is 0.130 e. The van der Waals surface area contributed by atoms with Crippen molar-refractivity contribution in [2.75, 3.05) is 13.1 Å². The molecular weight excluding hydrogens is 258 g/mol. The van der Waals surface area contributed by atoms with Gasteiger partial charge in [0.25, 0.3) is 0 Å². The van der Waals surface area contributed by atoms with E-state index in [1.165, 1.54) is 18.9 Å². The maximum absolute atomic E-state index is 13.9. The number of rotatable bonds is 6. The molecule has 0 atom stereocenters. The van der Waals surface area contributed by atoms with E-state index in [9.17, 15) is 8.78 Å². The van der Waals surface area contributed by atoms with Gasteiger partial charge in [0.1, 0.15) is 11.6 Å². The van der Waals surface area contributed by atoms with Crippen LogP contribution in [0.1, 0.15) is 44.6 Å². The van der Waals surface area contributed by atoms with E-state index < -0.39 is 11.6 Å². The van der Waals surface area contributed by atoms with Gasteiger partial charge in [-0.25, -0.2) is 8.78 Å². The summed E-state index contributed by atoms with van der Waals surface area (Å²) >= 11 is 0. The fraction of sp³-hybridized carbons (Fsp3) is 0.625. The van der Waals surface area contributed by atoms with Gasteiger partial charge in [-0.3, -0.25) is 4.90 Å². The number of nitrogens with two attached hydrogens (primary N) is 1. The number of halogens is 2. The summed E-state index contributed by atoms with van der Waals surface area (Å²) in [6.07, 6.45) is 5.52. The summed E-state index contributed by atoms with van der Waals surface area (Å²) in [5, 5.41) is 0. The quantitative estimate of drug-likeness (QED) is 0.866. The van der Waals surface area contributed by atoms with Gasteiger partial charge in [0, 0.05) is 30.3 Å². The third-order valence-corrected chi connectivity index (χ3v) is 4.45. The van der Waals surface area contributed by atoms with Crippen molar-refractivity contribution in [3.63, 3.8) is 0 Å². The van der Waals surface area contributed by atoms with Crippen molar-refractivity contribution < 1.29 is 8.78 Å². The first-order chi connectivity index (χ1) is 9.61. The van der Waals surface area contributed by atoms with Crippen LogP contribution in [-0.2, 0) is 6.54 Å². The van der Waals surface area contributed by atoms with E-state index in [1.807, 2.05) is 0 Å². The van der Waals surface area contributed by atoms with Gasteiger partial charge in [0.05, 0.1) is 0 Å². The van der Waals surface area contributed by atoms with Crippen molar-refractivity contribution in [1.29, 1.82) is 0 Å². The molecular formula is C16H24F2N2. The van der Waals surface area contributed by atoms with Gasteiger partial charge < -0.3 is 5.73 Å². The predicted molar refractivity (Wildman–Crippen MR) is 77.3 cm³/mol. The molecule has 0 bridgehead atoms. The average Bonchev–Trinajstić information content (AvgIpc) is 2.91. The summed E-state index contributed by atoms with van der Waals surface area (Å²) in [6.45, 7) is 4.13. The Kier molecular flexibility index (Phi) is 5.11. The van der Waals surface area contributed by atoms with Crippen molar-refractivity contribution in [3.8, 4) is 0 Å². The Balaban J connectivity index is 2.20. The summed E-state index contributed by atoms with van der Waals surface area (Å²) in [5.41, 5.74) is 6.57.